The van der Waals surface area contributed by atoms with Gasteiger partial charge in [-0.3, -0.25) is 4.79 Å². The molecule has 1 heterocycles. The number of fused-ring (bicyclic) bond motifs is 1. The van der Waals surface area contributed by atoms with Crippen LogP contribution >= 0.6 is 0 Å². The van der Waals surface area contributed by atoms with E-state index in [-0.39, 0.29) is 4.90 Å². The summed E-state index contributed by atoms with van der Waals surface area (Å²) in [6, 6.07) is 4.79. The second-order valence-corrected chi connectivity index (χ2v) is 5.43. The van der Waals surface area contributed by atoms with Crippen LogP contribution in [0.3, 0.4) is 0 Å². The summed E-state index contributed by atoms with van der Waals surface area (Å²) >= 11 is 0. The third-order valence-corrected chi connectivity index (χ3v) is 4.10. The first-order chi connectivity index (χ1) is 7.58. The van der Waals surface area contributed by atoms with E-state index in [4.69, 9.17) is 0 Å². The number of nitrogens with one attached hydrogen (secondary N) is 1. The van der Waals surface area contributed by atoms with Crippen molar-refractivity contribution in [3.63, 3.8) is 0 Å². The zero-order valence-electron chi connectivity index (χ0n) is 8.80. The molecule has 6 heteroatoms. The smallest absolute Gasteiger partial charge is 0.240 e. The van der Waals surface area contributed by atoms with Crippen molar-refractivity contribution in [1.29, 1.82) is 0 Å². The molecule has 1 aliphatic rings. The third-order valence-electron chi connectivity index (χ3n) is 2.69. The van der Waals surface area contributed by atoms with Crippen molar-refractivity contribution in [2.24, 2.45) is 0 Å². The molecule has 1 amide bonds. The van der Waals surface area contributed by atoms with Gasteiger partial charge in [-0.2, -0.15) is 0 Å². The first-order valence-electron chi connectivity index (χ1n) is 4.87. The van der Waals surface area contributed by atoms with Crippen molar-refractivity contribution in [3.8, 4) is 0 Å². The molecule has 86 valence electrons. The summed E-state index contributed by atoms with van der Waals surface area (Å²) in [6.45, 7) is 0.613. The molecule has 1 N–H and O–H groups in total. The zero-order chi connectivity index (χ0) is 11.8. The highest BCUT2D eigenvalue weighted by Crippen LogP contribution is 2.28. The lowest BCUT2D eigenvalue weighted by Gasteiger charge is -2.10. The number of carbonyl (C=O) groups excluding carboxylic acids is 1. The fourth-order valence-electron chi connectivity index (χ4n) is 1.80. The van der Waals surface area contributed by atoms with Crippen molar-refractivity contribution in [2.45, 2.75) is 11.3 Å². The normalized spacial score (nSPS) is 14.9. The zero-order valence-corrected chi connectivity index (χ0v) is 9.62. The van der Waals surface area contributed by atoms with Crippen molar-refractivity contribution in [1.82, 2.24) is 4.72 Å². The van der Waals surface area contributed by atoms with Gasteiger partial charge in [-0.05, 0) is 37.2 Å². The summed E-state index contributed by atoms with van der Waals surface area (Å²) < 4.78 is 25.4. The minimum atomic E-state index is -3.40. The lowest BCUT2D eigenvalue weighted by Crippen LogP contribution is -2.19. The first-order valence-corrected chi connectivity index (χ1v) is 6.35. The lowest BCUT2D eigenvalue weighted by atomic mass is 10.2. The van der Waals surface area contributed by atoms with Gasteiger partial charge in [0.05, 0.1) is 4.90 Å². The number of anilines is 1. The van der Waals surface area contributed by atoms with E-state index >= 15 is 0 Å². The molecule has 1 aromatic carbocycles. The monoisotopic (exact) mass is 240 g/mol. The van der Waals surface area contributed by atoms with Gasteiger partial charge >= 0.3 is 0 Å². The van der Waals surface area contributed by atoms with E-state index in [9.17, 15) is 13.2 Å². The number of hydrogen-bond acceptors (Lipinski definition) is 3. The Labute approximate surface area is 94.1 Å². The van der Waals surface area contributed by atoms with Crippen molar-refractivity contribution in [2.75, 3.05) is 18.5 Å². The summed E-state index contributed by atoms with van der Waals surface area (Å²) in [5.74, 6) is 0. The second-order valence-electron chi connectivity index (χ2n) is 3.55. The molecule has 0 fully saturated rings. The molecule has 0 bridgehead atoms. The Kier molecular flexibility index (Phi) is 2.69. The molecule has 0 saturated carbocycles. The summed E-state index contributed by atoms with van der Waals surface area (Å²) in [5.41, 5.74) is 1.69. The fourth-order valence-corrected chi connectivity index (χ4v) is 2.58. The molecule has 0 atom stereocenters. The molecule has 0 spiro atoms. The SMILES string of the molecule is CNS(=O)(=O)c1ccc2c(c1)CCN2C=O. The van der Waals surface area contributed by atoms with Crippen LogP contribution in [0.2, 0.25) is 0 Å². The topological polar surface area (TPSA) is 66.5 Å². The average molecular weight is 240 g/mol. The molecule has 0 radical (unpaired) electrons. The van der Waals surface area contributed by atoms with Gasteiger partial charge in [-0.25, -0.2) is 13.1 Å². The Balaban J connectivity index is 2.47. The molecular formula is C10H12N2O3S. The Morgan fingerprint density at radius 2 is 2.19 bits per heavy atom. The van der Waals surface area contributed by atoms with Gasteiger partial charge in [-0.15, -0.1) is 0 Å². The molecule has 5 nitrogen and oxygen atoms in total. The number of carbonyl (C=O) groups is 1. The van der Waals surface area contributed by atoms with Crippen LogP contribution in [-0.4, -0.2) is 28.4 Å². The van der Waals surface area contributed by atoms with Crippen LogP contribution in [0, 0.1) is 0 Å². The van der Waals surface area contributed by atoms with Crippen molar-refractivity contribution in [3.05, 3.63) is 23.8 Å². The molecule has 0 unspecified atom stereocenters. The quantitative estimate of drug-likeness (QED) is 0.763. The standard InChI is InChI=1S/C10H12N2O3S/c1-11-16(14,15)9-2-3-10-8(6-9)4-5-12(10)7-13/h2-3,6-7,11H,4-5H2,1H3. The van der Waals surface area contributed by atoms with Gasteiger partial charge in [0.25, 0.3) is 0 Å². The van der Waals surface area contributed by atoms with Crippen molar-refractivity contribution >= 4 is 22.1 Å². The maximum atomic E-state index is 11.6. The summed E-state index contributed by atoms with van der Waals surface area (Å²) in [4.78, 5) is 12.5. The minimum absolute atomic E-state index is 0.237. The Bertz CT molecular complexity index is 525. The van der Waals surface area contributed by atoms with Crippen LogP contribution in [0.5, 0.6) is 0 Å². The van der Waals surface area contributed by atoms with E-state index in [1.165, 1.54) is 13.1 Å². The second kappa shape index (κ2) is 3.88. The van der Waals surface area contributed by atoms with Gasteiger partial charge in [0.15, 0.2) is 0 Å². The molecule has 0 aromatic heterocycles. The van der Waals surface area contributed by atoms with Crippen LogP contribution in [0.15, 0.2) is 23.1 Å². The lowest BCUT2D eigenvalue weighted by molar-refractivity contribution is -0.107. The predicted molar refractivity (Wildman–Crippen MR) is 59.8 cm³/mol. The van der Waals surface area contributed by atoms with Crippen LogP contribution in [0.25, 0.3) is 0 Å². The van der Waals surface area contributed by atoms with E-state index in [1.54, 1.807) is 17.0 Å². The van der Waals surface area contributed by atoms with Crippen LogP contribution in [0.1, 0.15) is 5.56 Å². The number of hydrogen-bond donors (Lipinski definition) is 1. The molecule has 2 rings (SSSR count). The van der Waals surface area contributed by atoms with Gasteiger partial charge in [0.1, 0.15) is 0 Å². The Hall–Kier alpha value is -1.40. The maximum absolute atomic E-state index is 11.6. The molecule has 16 heavy (non-hydrogen) atoms. The number of nitrogens with zero attached hydrogens (tertiary/aromatic N) is 1. The highest BCUT2D eigenvalue weighted by molar-refractivity contribution is 7.89. The third kappa shape index (κ3) is 1.70. The highest BCUT2D eigenvalue weighted by Gasteiger charge is 2.21. The van der Waals surface area contributed by atoms with Crippen LogP contribution in [0.4, 0.5) is 5.69 Å². The molecule has 1 aromatic rings. The number of amides is 1. The number of benzene rings is 1. The van der Waals surface area contributed by atoms with Gasteiger partial charge in [-0.1, -0.05) is 0 Å². The highest BCUT2D eigenvalue weighted by atomic mass is 32.2. The van der Waals surface area contributed by atoms with Crippen molar-refractivity contribution < 1.29 is 13.2 Å². The average Bonchev–Trinajstić information content (AvgIpc) is 2.70. The summed E-state index contributed by atoms with van der Waals surface area (Å²) in [5, 5.41) is 0. The minimum Gasteiger partial charge on any atom is -0.314 e. The fraction of sp³-hybridized carbons (Fsp3) is 0.300. The first kappa shape index (κ1) is 11.1. The molecule has 0 aliphatic carbocycles. The van der Waals surface area contributed by atoms with Gasteiger partial charge in [0.2, 0.25) is 16.4 Å². The molecule has 0 saturated heterocycles. The van der Waals surface area contributed by atoms with E-state index in [0.717, 1.165) is 17.7 Å². The van der Waals surface area contributed by atoms with E-state index in [1.807, 2.05) is 0 Å². The Morgan fingerprint density at radius 1 is 1.44 bits per heavy atom. The Morgan fingerprint density at radius 3 is 2.81 bits per heavy atom. The van der Waals surface area contributed by atoms with Crippen LogP contribution in [-0.2, 0) is 21.2 Å². The number of rotatable bonds is 3. The van der Waals surface area contributed by atoms with E-state index < -0.39 is 10.0 Å². The molecule has 1 aliphatic heterocycles. The summed E-state index contributed by atoms with van der Waals surface area (Å²) in [6.07, 6.45) is 1.46. The van der Waals surface area contributed by atoms with E-state index in [0.29, 0.717) is 13.0 Å². The predicted octanol–water partition coefficient (Wildman–Crippen LogP) is 0.114. The largest absolute Gasteiger partial charge is 0.314 e. The molecular weight excluding hydrogens is 228 g/mol. The van der Waals surface area contributed by atoms with Gasteiger partial charge < -0.3 is 4.90 Å². The number of sulfonamides is 1. The van der Waals surface area contributed by atoms with Crippen LogP contribution < -0.4 is 9.62 Å². The van der Waals surface area contributed by atoms with E-state index in [2.05, 4.69) is 4.72 Å². The van der Waals surface area contributed by atoms with Gasteiger partial charge in [0, 0.05) is 12.2 Å². The maximum Gasteiger partial charge on any atom is 0.240 e. The summed E-state index contributed by atoms with van der Waals surface area (Å²) in [7, 11) is -2.03.